The Morgan fingerprint density at radius 1 is 0.283 bits per heavy atom. The van der Waals surface area contributed by atoms with E-state index in [0.717, 1.165) is 17.6 Å². The van der Waals surface area contributed by atoms with Crippen molar-refractivity contribution < 1.29 is 4.79 Å². The van der Waals surface area contributed by atoms with Gasteiger partial charge in [0.25, 0.3) is 0 Å². The van der Waals surface area contributed by atoms with Gasteiger partial charge in [0.2, 0.25) is 0 Å². The first kappa shape index (κ1) is 51.4. The standard InChI is InChI=1S/C91H56O/c92-89(66-40-44-78-74-24-7-12-29-83(74)90(87(78)53-66)81-27-10-5-22-72(81)73-23-6-11-28-82(73)90)67-41-45-79-76-26-9-14-31-85(76)91(88(79)54-67)84-30-13-8-25-75(84)77-43-39-64(52-86(77)91)63-38-42-69-68(50-63)51-80(71-21-4-3-20-70(69)71)65-19-15-18-57(49-65)58-34-35-62-48-61(37-36-60(62)47-58)59-33-32-55-16-1-2-17-56(55)46-59/h1-44,46-54,79H,45H2. The molecule has 2 unspecified atom stereocenters. The summed E-state index contributed by atoms with van der Waals surface area (Å²) in [6, 6.07) is 115. The Morgan fingerprint density at radius 3 is 1.40 bits per heavy atom. The Kier molecular flexibility index (Phi) is 10.8. The summed E-state index contributed by atoms with van der Waals surface area (Å²) in [5.74, 6) is 0.169. The summed E-state index contributed by atoms with van der Waals surface area (Å²) in [4.78, 5) is 15.8. The van der Waals surface area contributed by atoms with Crippen LogP contribution in [0.2, 0.25) is 0 Å². The van der Waals surface area contributed by atoms with E-state index in [4.69, 9.17) is 0 Å². The quantitative estimate of drug-likeness (QED) is 0.120. The molecule has 0 fully saturated rings. The van der Waals surface area contributed by atoms with Crippen LogP contribution in [0.1, 0.15) is 67.2 Å². The smallest absolute Gasteiger partial charge is 0.192 e. The van der Waals surface area contributed by atoms with Crippen molar-refractivity contribution in [1.82, 2.24) is 0 Å². The van der Waals surface area contributed by atoms with Crippen LogP contribution < -0.4 is 0 Å². The molecule has 2 spiro atoms. The first-order valence-electron chi connectivity index (χ1n) is 32.3. The van der Waals surface area contributed by atoms with Crippen molar-refractivity contribution in [2.45, 2.75) is 23.2 Å². The third-order valence-corrected chi connectivity index (χ3v) is 21.6. The van der Waals surface area contributed by atoms with E-state index in [0.29, 0.717) is 0 Å². The molecule has 0 heterocycles. The maximum Gasteiger partial charge on any atom is 0.192 e. The number of hydrogen-bond acceptors (Lipinski definition) is 1. The van der Waals surface area contributed by atoms with Gasteiger partial charge in [0, 0.05) is 17.1 Å². The number of carbonyl (C=O) groups excluding carboxylic acids is 1. The monoisotopic (exact) mass is 1160 g/mol. The molecule has 426 valence electrons. The van der Waals surface area contributed by atoms with Gasteiger partial charge in [0.1, 0.15) is 0 Å². The largest absolute Gasteiger partial charge is 0.289 e. The second kappa shape index (κ2) is 19.3. The van der Waals surface area contributed by atoms with Crippen LogP contribution in [-0.4, -0.2) is 5.78 Å². The zero-order valence-corrected chi connectivity index (χ0v) is 50.3. The lowest BCUT2D eigenvalue weighted by Crippen LogP contribution is -2.28. The second-order valence-electron chi connectivity index (χ2n) is 26.0. The van der Waals surface area contributed by atoms with Crippen LogP contribution in [0.3, 0.4) is 0 Å². The first-order valence-corrected chi connectivity index (χ1v) is 32.3. The molecule has 0 saturated heterocycles. The zero-order chi connectivity index (χ0) is 60.4. The van der Waals surface area contributed by atoms with Gasteiger partial charge in [-0.05, 0) is 232 Å². The van der Waals surface area contributed by atoms with Gasteiger partial charge >= 0.3 is 0 Å². The van der Waals surface area contributed by atoms with Crippen LogP contribution in [-0.2, 0) is 10.8 Å². The van der Waals surface area contributed by atoms with E-state index >= 15 is 4.79 Å². The van der Waals surface area contributed by atoms with E-state index in [1.54, 1.807) is 0 Å². The molecule has 0 N–H and O–H groups in total. The lowest BCUT2D eigenvalue weighted by molar-refractivity contribution is 0.103. The average molecular weight is 1170 g/mol. The van der Waals surface area contributed by atoms with Crippen molar-refractivity contribution in [2.75, 3.05) is 0 Å². The van der Waals surface area contributed by atoms with Gasteiger partial charge in [-0.2, -0.15) is 0 Å². The molecule has 0 saturated carbocycles. The van der Waals surface area contributed by atoms with E-state index < -0.39 is 10.8 Å². The number of hydrogen-bond donors (Lipinski definition) is 0. The molecule has 15 aromatic carbocycles. The van der Waals surface area contributed by atoms with Crippen LogP contribution in [0, 0.1) is 0 Å². The summed E-state index contributed by atoms with van der Waals surface area (Å²) in [5.41, 5.74) is 28.8. The summed E-state index contributed by atoms with van der Waals surface area (Å²) in [5, 5.41) is 9.87. The van der Waals surface area contributed by atoms with Gasteiger partial charge in [-0.1, -0.05) is 267 Å². The van der Waals surface area contributed by atoms with Gasteiger partial charge in [-0.3, -0.25) is 4.79 Å². The molecule has 15 aromatic rings. The van der Waals surface area contributed by atoms with Crippen LogP contribution in [0.5, 0.6) is 0 Å². The number of fused-ring (bicyclic) bond motifs is 25. The van der Waals surface area contributed by atoms with E-state index in [-0.39, 0.29) is 11.7 Å². The molecule has 5 aliphatic carbocycles. The van der Waals surface area contributed by atoms with Gasteiger partial charge in [-0.25, -0.2) is 0 Å². The highest BCUT2D eigenvalue weighted by atomic mass is 16.1. The van der Waals surface area contributed by atoms with Gasteiger partial charge in [-0.15, -0.1) is 0 Å². The third-order valence-electron chi connectivity index (χ3n) is 21.6. The maximum absolute atomic E-state index is 15.8. The van der Waals surface area contributed by atoms with Crippen LogP contribution in [0.4, 0.5) is 0 Å². The molecule has 0 amide bonds. The maximum atomic E-state index is 15.8. The summed E-state index contributed by atoms with van der Waals surface area (Å²) >= 11 is 0. The number of carbonyl (C=O) groups is 1. The minimum absolute atomic E-state index is 0.0613. The molecular formula is C91H56O. The highest BCUT2D eigenvalue weighted by Gasteiger charge is 2.56. The summed E-state index contributed by atoms with van der Waals surface area (Å²) in [6.07, 6.45) is 5.29. The predicted molar refractivity (Wildman–Crippen MR) is 381 cm³/mol. The Labute approximate surface area is 534 Å². The summed E-state index contributed by atoms with van der Waals surface area (Å²) in [7, 11) is 0. The molecular weight excluding hydrogens is 1110 g/mol. The van der Waals surface area contributed by atoms with Crippen LogP contribution in [0.15, 0.2) is 333 Å². The number of Topliss-reactive ketones (excluding diaryl/α,β-unsaturated/α-hetero) is 1. The van der Waals surface area contributed by atoms with Crippen LogP contribution in [0.25, 0.3) is 121 Å². The highest BCUT2D eigenvalue weighted by molar-refractivity contribution is 6.15. The van der Waals surface area contributed by atoms with Crippen molar-refractivity contribution >= 4 is 48.9 Å². The topological polar surface area (TPSA) is 17.1 Å². The minimum Gasteiger partial charge on any atom is -0.289 e. The fraction of sp³-hybridized carbons (Fsp3) is 0.0440. The van der Waals surface area contributed by atoms with E-state index in [9.17, 15) is 0 Å². The molecule has 2 atom stereocenters. The lowest BCUT2D eigenvalue weighted by Gasteiger charge is -2.34. The SMILES string of the molecule is O=C(C1=CCC2C(=C1)C1(c3ccccc3-c3ccc(-c4ccc5c(c4)cc(-c4cccc(-c6ccc7cc(-c8ccc9ccccc9c8)ccc7c6)c4)c4ccccc45)cc31)c1ccccc12)c1ccc2c(c1)C1(c3ccccc3-c3ccccc31)c1ccccc1-2. The normalized spacial score (nSPS) is 16.4. The Balaban J connectivity index is 0.683. The Hall–Kier alpha value is -11.5. The average Bonchev–Trinajstić information content (AvgIpc) is 1.52. The van der Waals surface area contributed by atoms with Crippen molar-refractivity contribution in [3.63, 3.8) is 0 Å². The van der Waals surface area contributed by atoms with E-state index in [1.165, 1.54) is 171 Å². The molecule has 92 heavy (non-hydrogen) atoms. The number of rotatable bonds is 6. The summed E-state index contributed by atoms with van der Waals surface area (Å²) < 4.78 is 0. The van der Waals surface area contributed by atoms with Crippen LogP contribution >= 0.6 is 0 Å². The molecule has 1 nitrogen and oxygen atoms in total. The van der Waals surface area contributed by atoms with Gasteiger partial charge in [0.05, 0.1) is 10.8 Å². The number of allylic oxidation sites excluding steroid dienone is 4. The molecule has 1 heteroatoms. The fourth-order valence-corrected chi connectivity index (χ4v) is 17.7. The van der Waals surface area contributed by atoms with E-state index in [2.05, 4.69) is 322 Å². The fourth-order valence-electron chi connectivity index (χ4n) is 17.7. The lowest BCUT2D eigenvalue weighted by atomic mass is 9.67. The second-order valence-corrected chi connectivity index (χ2v) is 26.0. The first-order chi connectivity index (χ1) is 45.5. The van der Waals surface area contributed by atoms with Crippen molar-refractivity contribution in [3.05, 3.63) is 383 Å². The Morgan fingerprint density at radius 2 is 0.739 bits per heavy atom. The van der Waals surface area contributed by atoms with Crippen molar-refractivity contribution in [2.24, 2.45) is 0 Å². The number of ketones is 1. The predicted octanol–water partition coefficient (Wildman–Crippen LogP) is 22.9. The molecule has 20 rings (SSSR count). The van der Waals surface area contributed by atoms with Crippen molar-refractivity contribution in [3.8, 4) is 77.9 Å². The minimum atomic E-state index is -0.610. The highest BCUT2D eigenvalue weighted by Crippen LogP contribution is 2.67. The molecule has 0 aliphatic heterocycles. The van der Waals surface area contributed by atoms with Gasteiger partial charge < -0.3 is 0 Å². The molecule has 5 aliphatic rings. The van der Waals surface area contributed by atoms with Crippen molar-refractivity contribution in [1.29, 1.82) is 0 Å². The zero-order valence-electron chi connectivity index (χ0n) is 50.3. The van der Waals surface area contributed by atoms with E-state index in [1.807, 2.05) is 0 Å². The third kappa shape index (κ3) is 7.05. The molecule has 0 aromatic heterocycles. The molecule has 0 bridgehead atoms. The number of benzene rings is 15. The van der Waals surface area contributed by atoms with Gasteiger partial charge in [0.15, 0.2) is 5.78 Å². The Bertz CT molecular complexity index is 5780. The summed E-state index contributed by atoms with van der Waals surface area (Å²) in [6.45, 7) is 0. The molecule has 0 radical (unpaired) electrons.